The number of hydrogen-bond donors (Lipinski definition) is 1. The third-order valence-electron chi connectivity index (χ3n) is 0.608. The Balaban J connectivity index is 0. The average molecular weight is 147 g/mol. The van der Waals surface area contributed by atoms with Crippen LogP contribution in [0.15, 0.2) is 11.8 Å². The van der Waals surface area contributed by atoms with Crippen molar-refractivity contribution in [3.8, 4) is 0 Å². The molecule has 0 atom stereocenters. The summed E-state index contributed by atoms with van der Waals surface area (Å²) in [7, 11) is 0. The summed E-state index contributed by atoms with van der Waals surface area (Å²) in [6.07, 6.45) is 0.920. The van der Waals surface area contributed by atoms with Gasteiger partial charge in [0, 0.05) is 6.08 Å². The second-order valence-corrected chi connectivity index (χ2v) is 1.51. The van der Waals surface area contributed by atoms with Crippen molar-refractivity contribution in [2.45, 2.75) is 13.8 Å². The maximum atomic E-state index is 10.4. The fourth-order valence-corrected chi connectivity index (χ4v) is 0.350. The first kappa shape index (κ1) is 11.7. The zero-order valence-electron chi connectivity index (χ0n) is 6.51. The van der Waals surface area contributed by atoms with Crippen molar-refractivity contribution in [3.05, 3.63) is 11.8 Å². The maximum absolute atomic E-state index is 10.4. The third-order valence-corrected chi connectivity index (χ3v) is 0.608. The summed E-state index contributed by atoms with van der Waals surface area (Å²) < 4.78 is 4.44. The fourth-order valence-electron chi connectivity index (χ4n) is 0.350. The standard InChI is InChI=1S/C6H10O3.H3N/c1-3-9-6(8)4-5(2)7;/h4,7H,3H2,1-2H3;1H3/b5-4-;. The minimum atomic E-state index is -0.565. The van der Waals surface area contributed by atoms with Crippen molar-refractivity contribution in [3.63, 3.8) is 0 Å². The fraction of sp³-hybridized carbons (Fsp3) is 0.500. The van der Waals surface area contributed by atoms with Crippen LogP contribution in [0.5, 0.6) is 0 Å². The summed E-state index contributed by atoms with van der Waals surface area (Å²) in [5, 5.41) is 10.2. The van der Waals surface area contributed by atoms with Gasteiger partial charge in [0.1, 0.15) is 0 Å². The molecular weight excluding hydrogens is 134 g/mol. The molecule has 0 aliphatic carbocycles. The minimum Gasteiger partial charge on any atom is -0.875 e. The van der Waals surface area contributed by atoms with Crippen LogP contribution in [0.25, 0.3) is 0 Å². The van der Waals surface area contributed by atoms with Crippen molar-refractivity contribution >= 4 is 5.97 Å². The third kappa shape index (κ3) is 6.97. The summed E-state index contributed by atoms with van der Waals surface area (Å²) in [5.74, 6) is -0.849. The van der Waals surface area contributed by atoms with Gasteiger partial charge in [-0.2, -0.15) is 0 Å². The molecular formula is C6H13NO3. The van der Waals surface area contributed by atoms with Gasteiger partial charge in [0.25, 0.3) is 0 Å². The molecule has 0 bridgehead atoms. The highest BCUT2D eigenvalue weighted by molar-refractivity contribution is 5.82. The molecule has 0 unspecified atom stereocenters. The molecule has 0 spiro atoms. The molecule has 0 fully saturated rings. The van der Waals surface area contributed by atoms with Crippen molar-refractivity contribution in [1.82, 2.24) is 6.15 Å². The SMILES string of the molecule is CCOC(=O)/C=C(/C)[O-].[NH4+]. The molecule has 0 aliphatic heterocycles. The lowest BCUT2D eigenvalue weighted by Gasteiger charge is -2.01. The van der Waals surface area contributed by atoms with Gasteiger partial charge in [-0.1, -0.05) is 6.92 Å². The van der Waals surface area contributed by atoms with Crippen LogP contribution in [-0.2, 0) is 9.53 Å². The van der Waals surface area contributed by atoms with Gasteiger partial charge in [0.15, 0.2) is 0 Å². The number of hydrogen-bond acceptors (Lipinski definition) is 3. The molecule has 0 aromatic rings. The van der Waals surface area contributed by atoms with E-state index in [9.17, 15) is 9.90 Å². The van der Waals surface area contributed by atoms with E-state index in [2.05, 4.69) is 4.74 Å². The molecule has 0 aliphatic rings. The van der Waals surface area contributed by atoms with E-state index in [-0.39, 0.29) is 11.9 Å². The predicted octanol–water partition coefficient (Wildman–Crippen LogP) is 0.190. The Hall–Kier alpha value is -1.03. The summed E-state index contributed by atoms with van der Waals surface area (Å²) >= 11 is 0. The number of rotatable bonds is 2. The van der Waals surface area contributed by atoms with Crippen LogP contribution in [0.2, 0.25) is 0 Å². The quantitative estimate of drug-likeness (QED) is 0.343. The number of ether oxygens (including phenoxy) is 1. The van der Waals surface area contributed by atoms with Gasteiger partial charge in [-0.05, 0) is 6.92 Å². The first-order valence-electron chi connectivity index (χ1n) is 2.69. The van der Waals surface area contributed by atoms with E-state index < -0.39 is 5.97 Å². The Bertz CT molecular complexity index is 127. The lowest BCUT2D eigenvalue weighted by Crippen LogP contribution is -2.05. The largest absolute Gasteiger partial charge is 0.875 e. The van der Waals surface area contributed by atoms with Crippen molar-refractivity contribution in [1.29, 1.82) is 0 Å². The van der Waals surface area contributed by atoms with Crippen LogP contribution >= 0.6 is 0 Å². The van der Waals surface area contributed by atoms with Gasteiger partial charge in [-0.3, -0.25) is 0 Å². The Kier molecular flexibility index (Phi) is 7.15. The number of carbonyl (C=O) groups excluding carboxylic acids is 1. The monoisotopic (exact) mass is 147 g/mol. The van der Waals surface area contributed by atoms with Crippen LogP contribution in [0, 0.1) is 0 Å². The highest BCUT2D eigenvalue weighted by Gasteiger charge is 1.90. The zero-order chi connectivity index (χ0) is 7.28. The number of quaternary nitrogens is 1. The first-order valence-corrected chi connectivity index (χ1v) is 2.69. The molecule has 4 nitrogen and oxygen atoms in total. The molecule has 0 heterocycles. The topological polar surface area (TPSA) is 85.9 Å². The molecule has 0 aromatic heterocycles. The lowest BCUT2D eigenvalue weighted by molar-refractivity contribution is -0.301. The summed E-state index contributed by atoms with van der Waals surface area (Å²) in [4.78, 5) is 10.4. The van der Waals surface area contributed by atoms with Gasteiger partial charge in [0.05, 0.1) is 6.61 Å². The number of allylic oxidation sites excluding steroid dienone is 1. The molecule has 0 radical (unpaired) electrons. The molecule has 10 heavy (non-hydrogen) atoms. The molecule has 60 valence electrons. The van der Waals surface area contributed by atoms with E-state index in [4.69, 9.17) is 0 Å². The van der Waals surface area contributed by atoms with Gasteiger partial charge in [0.2, 0.25) is 0 Å². The van der Waals surface area contributed by atoms with E-state index >= 15 is 0 Å². The van der Waals surface area contributed by atoms with Gasteiger partial charge >= 0.3 is 5.97 Å². The van der Waals surface area contributed by atoms with Crippen LogP contribution < -0.4 is 11.3 Å². The van der Waals surface area contributed by atoms with Crippen molar-refractivity contribution < 1.29 is 14.6 Å². The van der Waals surface area contributed by atoms with E-state index in [1.54, 1.807) is 6.92 Å². The molecule has 4 heteroatoms. The Morgan fingerprint density at radius 1 is 1.70 bits per heavy atom. The Labute approximate surface area is 60.1 Å². The normalized spacial score (nSPS) is 10.0. The second-order valence-electron chi connectivity index (χ2n) is 1.51. The predicted molar refractivity (Wildman–Crippen MR) is 36.4 cm³/mol. The van der Waals surface area contributed by atoms with Crippen LogP contribution in [0.3, 0.4) is 0 Å². The lowest BCUT2D eigenvalue weighted by atomic mass is 10.5. The smallest absolute Gasteiger partial charge is 0.329 e. The zero-order valence-corrected chi connectivity index (χ0v) is 6.51. The highest BCUT2D eigenvalue weighted by Crippen LogP contribution is 1.83. The maximum Gasteiger partial charge on any atom is 0.329 e. The second kappa shape index (κ2) is 6.10. The highest BCUT2D eigenvalue weighted by atomic mass is 16.5. The Morgan fingerprint density at radius 3 is 2.50 bits per heavy atom. The number of esters is 1. The van der Waals surface area contributed by atoms with E-state index in [0.717, 1.165) is 6.08 Å². The molecule has 0 rings (SSSR count). The molecule has 0 saturated heterocycles. The Morgan fingerprint density at radius 2 is 2.20 bits per heavy atom. The van der Waals surface area contributed by atoms with Gasteiger partial charge < -0.3 is 16.0 Å². The van der Waals surface area contributed by atoms with E-state index in [0.29, 0.717) is 6.61 Å². The minimum absolute atomic E-state index is 0. The molecule has 0 aromatic carbocycles. The van der Waals surface area contributed by atoms with Crippen LogP contribution in [-0.4, -0.2) is 12.6 Å². The molecule has 0 saturated carbocycles. The summed E-state index contributed by atoms with van der Waals surface area (Å²) in [5.41, 5.74) is 0. The van der Waals surface area contributed by atoms with E-state index in [1.807, 2.05) is 0 Å². The molecule has 0 amide bonds. The van der Waals surface area contributed by atoms with Crippen LogP contribution in [0.1, 0.15) is 13.8 Å². The average Bonchev–Trinajstić information content (AvgIpc) is 1.63. The summed E-state index contributed by atoms with van der Waals surface area (Å²) in [6.45, 7) is 3.30. The van der Waals surface area contributed by atoms with E-state index in [1.165, 1.54) is 6.92 Å². The first-order chi connectivity index (χ1) is 4.16. The summed E-state index contributed by atoms with van der Waals surface area (Å²) in [6, 6.07) is 0. The van der Waals surface area contributed by atoms with Crippen molar-refractivity contribution in [2.75, 3.05) is 6.61 Å². The van der Waals surface area contributed by atoms with Gasteiger partial charge in [-0.15, -0.1) is 5.76 Å². The van der Waals surface area contributed by atoms with Crippen molar-refractivity contribution in [2.24, 2.45) is 0 Å². The van der Waals surface area contributed by atoms with Crippen LogP contribution in [0.4, 0.5) is 0 Å². The van der Waals surface area contributed by atoms with Gasteiger partial charge in [-0.25, -0.2) is 4.79 Å². The molecule has 4 N–H and O–H groups in total. The number of carbonyl (C=O) groups is 1.